The fourth-order valence-electron chi connectivity index (χ4n) is 3.34. The Morgan fingerprint density at radius 1 is 1.19 bits per heavy atom. The van der Waals surface area contributed by atoms with Crippen LogP contribution in [0.15, 0.2) is 47.0 Å². The van der Waals surface area contributed by atoms with Gasteiger partial charge in [0.2, 0.25) is 11.5 Å². The number of hydrogen-bond donors (Lipinski definition) is 0. The van der Waals surface area contributed by atoms with Gasteiger partial charge >= 0.3 is 10.1 Å². The van der Waals surface area contributed by atoms with Crippen LogP contribution in [0.1, 0.15) is 25.0 Å². The highest BCUT2D eigenvalue weighted by Crippen LogP contribution is 2.37. The van der Waals surface area contributed by atoms with Gasteiger partial charge in [0.05, 0.1) is 18.9 Å². The lowest BCUT2D eigenvalue weighted by Crippen LogP contribution is -2.05. The summed E-state index contributed by atoms with van der Waals surface area (Å²) in [6, 6.07) is 10.5. The van der Waals surface area contributed by atoms with Crippen molar-refractivity contribution >= 4 is 21.6 Å². The zero-order valence-corrected chi connectivity index (χ0v) is 17.9. The zero-order valence-electron chi connectivity index (χ0n) is 17.1. The maximum atomic E-state index is 11.5. The Bertz CT molecular complexity index is 1330. The molecular formula is C22H19N3O5S. The lowest BCUT2D eigenvalue weighted by Gasteiger charge is -2.11. The summed E-state index contributed by atoms with van der Waals surface area (Å²) >= 11 is 0. The standard InChI is InChI=1S/C22H19N3O5S/c1-13(2)28-20-10-8-14(12-18(20)23-3)22-24-21(25-29-22)17-7-5-6-16-15(17)9-11-19(16)30-31(4,26)27/h5-8,10-13H,9H2,1-2,4H3. The van der Waals surface area contributed by atoms with Crippen LogP contribution in [0.25, 0.3) is 33.4 Å². The minimum atomic E-state index is -3.63. The van der Waals surface area contributed by atoms with Gasteiger partial charge in [-0.1, -0.05) is 23.4 Å². The largest absolute Gasteiger partial charge is 0.502 e. The minimum absolute atomic E-state index is 0.0493. The molecule has 4 rings (SSSR count). The molecule has 9 heteroatoms. The summed E-state index contributed by atoms with van der Waals surface area (Å²) < 4.78 is 39.2. The van der Waals surface area contributed by atoms with E-state index in [0.717, 1.165) is 17.4 Å². The highest BCUT2D eigenvalue weighted by atomic mass is 32.2. The Morgan fingerprint density at radius 2 is 1.97 bits per heavy atom. The van der Waals surface area contributed by atoms with Crippen LogP contribution < -0.4 is 4.74 Å². The second-order valence-corrected chi connectivity index (χ2v) is 8.85. The number of hydrogen-bond acceptors (Lipinski definition) is 7. The lowest BCUT2D eigenvalue weighted by atomic mass is 10.0. The maximum Gasteiger partial charge on any atom is 0.306 e. The summed E-state index contributed by atoms with van der Waals surface area (Å²) in [5.74, 6) is 1.43. The monoisotopic (exact) mass is 437 g/mol. The average molecular weight is 437 g/mol. The Hall–Kier alpha value is -3.64. The lowest BCUT2D eigenvalue weighted by molar-refractivity contribution is 0.244. The number of rotatable bonds is 6. The molecule has 3 aromatic rings. The average Bonchev–Trinajstić information content (AvgIpc) is 3.34. The van der Waals surface area contributed by atoms with Crippen LogP contribution >= 0.6 is 0 Å². The van der Waals surface area contributed by atoms with Crippen molar-refractivity contribution in [2.45, 2.75) is 26.4 Å². The summed E-state index contributed by atoms with van der Waals surface area (Å²) in [7, 11) is -3.63. The summed E-state index contributed by atoms with van der Waals surface area (Å²) in [6.07, 6.45) is 3.16. The summed E-state index contributed by atoms with van der Waals surface area (Å²) in [6.45, 7) is 11.2. The maximum absolute atomic E-state index is 11.5. The zero-order chi connectivity index (χ0) is 22.2. The highest BCUT2D eigenvalue weighted by Gasteiger charge is 2.24. The van der Waals surface area contributed by atoms with E-state index in [1.807, 2.05) is 19.9 Å². The molecule has 0 saturated heterocycles. The first-order chi connectivity index (χ1) is 14.7. The third-order valence-corrected chi connectivity index (χ3v) is 5.01. The van der Waals surface area contributed by atoms with Crippen molar-refractivity contribution < 1.29 is 21.9 Å². The van der Waals surface area contributed by atoms with E-state index in [9.17, 15) is 8.42 Å². The van der Waals surface area contributed by atoms with E-state index in [2.05, 4.69) is 15.0 Å². The minimum Gasteiger partial charge on any atom is -0.502 e. The van der Waals surface area contributed by atoms with E-state index in [-0.39, 0.29) is 12.0 Å². The topological polar surface area (TPSA) is 95.9 Å². The third-order valence-electron chi connectivity index (χ3n) is 4.53. The van der Waals surface area contributed by atoms with Gasteiger partial charge < -0.3 is 13.4 Å². The van der Waals surface area contributed by atoms with Crippen molar-refractivity contribution in [1.29, 1.82) is 0 Å². The van der Waals surface area contributed by atoms with Crippen LogP contribution in [0.4, 0.5) is 5.69 Å². The fraction of sp³-hybridized carbons (Fsp3) is 0.227. The number of fused-ring (bicyclic) bond motifs is 1. The van der Waals surface area contributed by atoms with Crippen LogP contribution in [0.5, 0.6) is 5.75 Å². The quantitative estimate of drug-likeness (QED) is 0.410. The van der Waals surface area contributed by atoms with Gasteiger partial charge in [0.1, 0.15) is 11.5 Å². The smallest absolute Gasteiger partial charge is 0.306 e. The molecule has 0 unspecified atom stereocenters. The second kappa shape index (κ2) is 7.89. The number of aromatic nitrogens is 2. The van der Waals surface area contributed by atoms with Crippen LogP contribution in [0.3, 0.4) is 0 Å². The molecule has 0 spiro atoms. The molecule has 8 nitrogen and oxygen atoms in total. The van der Waals surface area contributed by atoms with Crippen molar-refractivity contribution in [3.63, 3.8) is 0 Å². The molecule has 0 radical (unpaired) electrons. The normalized spacial score (nSPS) is 12.9. The summed E-state index contributed by atoms with van der Waals surface area (Å²) in [4.78, 5) is 8.01. The van der Waals surface area contributed by atoms with Crippen LogP contribution in [-0.2, 0) is 20.7 Å². The van der Waals surface area contributed by atoms with Gasteiger partial charge in [0.15, 0.2) is 0 Å². The highest BCUT2D eigenvalue weighted by molar-refractivity contribution is 7.86. The Balaban J connectivity index is 1.66. The van der Waals surface area contributed by atoms with Crippen molar-refractivity contribution in [2.24, 2.45) is 0 Å². The molecule has 1 heterocycles. The van der Waals surface area contributed by atoms with E-state index in [0.29, 0.717) is 40.6 Å². The van der Waals surface area contributed by atoms with Crippen molar-refractivity contribution in [2.75, 3.05) is 6.26 Å². The van der Waals surface area contributed by atoms with Crippen molar-refractivity contribution in [3.8, 4) is 28.6 Å². The van der Waals surface area contributed by atoms with Gasteiger partial charge in [-0.05, 0) is 50.1 Å². The molecule has 2 aromatic carbocycles. The number of nitrogens with zero attached hydrogens (tertiary/aromatic N) is 3. The molecule has 0 bridgehead atoms. The van der Waals surface area contributed by atoms with Gasteiger partial charge in [-0.3, -0.25) is 0 Å². The molecule has 0 aliphatic heterocycles. The predicted octanol–water partition coefficient (Wildman–Crippen LogP) is 4.61. The summed E-state index contributed by atoms with van der Waals surface area (Å²) in [5.41, 5.74) is 3.22. The van der Waals surface area contributed by atoms with E-state index < -0.39 is 10.1 Å². The Kier molecular flexibility index (Phi) is 5.25. The number of allylic oxidation sites excluding steroid dienone is 1. The van der Waals surface area contributed by atoms with Crippen LogP contribution in [-0.4, -0.2) is 30.9 Å². The Morgan fingerprint density at radius 3 is 2.68 bits per heavy atom. The van der Waals surface area contributed by atoms with E-state index in [4.69, 9.17) is 20.0 Å². The molecule has 0 fully saturated rings. The van der Waals surface area contributed by atoms with Gasteiger partial charge in [-0.15, -0.1) is 0 Å². The molecule has 1 aliphatic rings. The Labute approximate surface area is 180 Å². The fourth-order valence-corrected chi connectivity index (χ4v) is 3.82. The van der Waals surface area contributed by atoms with Gasteiger partial charge in [0.25, 0.3) is 5.89 Å². The first-order valence-corrected chi connectivity index (χ1v) is 11.3. The molecular weight excluding hydrogens is 418 g/mol. The predicted molar refractivity (Wildman–Crippen MR) is 115 cm³/mol. The molecule has 1 aromatic heterocycles. The first kappa shape index (κ1) is 20.6. The van der Waals surface area contributed by atoms with E-state index in [1.165, 1.54) is 0 Å². The molecule has 0 N–H and O–H groups in total. The van der Waals surface area contributed by atoms with Crippen molar-refractivity contribution in [3.05, 3.63) is 65.0 Å². The van der Waals surface area contributed by atoms with Crippen LogP contribution in [0.2, 0.25) is 0 Å². The molecule has 158 valence electrons. The number of benzene rings is 2. The van der Waals surface area contributed by atoms with Gasteiger partial charge in [-0.2, -0.15) is 13.4 Å². The second-order valence-electron chi connectivity index (χ2n) is 7.28. The molecule has 0 atom stereocenters. The van der Waals surface area contributed by atoms with Gasteiger partial charge in [0, 0.05) is 16.7 Å². The molecule has 0 amide bonds. The van der Waals surface area contributed by atoms with E-state index >= 15 is 0 Å². The van der Waals surface area contributed by atoms with Crippen LogP contribution in [0, 0.1) is 6.57 Å². The summed E-state index contributed by atoms with van der Waals surface area (Å²) in [5, 5.41) is 4.09. The van der Waals surface area contributed by atoms with E-state index in [1.54, 1.807) is 36.4 Å². The van der Waals surface area contributed by atoms with Gasteiger partial charge in [-0.25, -0.2) is 4.85 Å². The molecule has 0 saturated carbocycles. The molecule has 1 aliphatic carbocycles. The SMILES string of the molecule is [C-]#[N+]c1cc(-c2nc(-c3cccc4c3CC=C4OS(C)(=O)=O)no2)ccc1OC(C)C. The first-order valence-electron chi connectivity index (χ1n) is 9.49. The number of ether oxygens (including phenoxy) is 1. The van der Waals surface area contributed by atoms with Crippen molar-refractivity contribution in [1.82, 2.24) is 10.1 Å². The molecule has 31 heavy (non-hydrogen) atoms. The third kappa shape index (κ3) is 4.29.